The van der Waals surface area contributed by atoms with Crippen molar-refractivity contribution in [3.8, 4) is 0 Å². The highest BCUT2D eigenvalue weighted by Gasteiger charge is 2.28. The lowest BCUT2D eigenvalue weighted by atomic mass is 9.93. The highest BCUT2D eigenvalue weighted by molar-refractivity contribution is 9.10. The van der Waals surface area contributed by atoms with Gasteiger partial charge < -0.3 is 10.2 Å². The molecule has 3 heteroatoms. The van der Waals surface area contributed by atoms with Gasteiger partial charge in [0.05, 0.1) is 0 Å². The molecule has 0 spiro atoms. The zero-order valence-corrected chi connectivity index (χ0v) is 12.4. The SMILES string of the molecule is CC1CNCC(C)(C)CN1c1ccc(Br)cc1. The number of rotatable bonds is 1. The number of hydrogen-bond donors (Lipinski definition) is 1. The van der Waals surface area contributed by atoms with Gasteiger partial charge in [0.2, 0.25) is 0 Å². The average Bonchev–Trinajstić information content (AvgIpc) is 2.39. The molecule has 0 amide bonds. The molecule has 1 fully saturated rings. The minimum atomic E-state index is 0.317. The molecular formula is C14H21BrN2. The number of benzene rings is 1. The van der Waals surface area contributed by atoms with E-state index in [4.69, 9.17) is 0 Å². The zero-order valence-electron chi connectivity index (χ0n) is 10.8. The normalized spacial score (nSPS) is 24.5. The van der Waals surface area contributed by atoms with Crippen LogP contribution in [0.5, 0.6) is 0 Å². The third-order valence-corrected chi connectivity index (χ3v) is 3.86. The summed E-state index contributed by atoms with van der Waals surface area (Å²) >= 11 is 3.49. The summed E-state index contributed by atoms with van der Waals surface area (Å²) < 4.78 is 1.14. The van der Waals surface area contributed by atoms with Crippen LogP contribution in [0.1, 0.15) is 20.8 Å². The first-order valence-electron chi connectivity index (χ1n) is 6.21. The highest BCUT2D eigenvalue weighted by atomic mass is 79.9. The lowest BCUT2D eigenvalue weighted by Crippen LogP contribution is -2.39. The van der Waals surface area contributed by atoms with Gasteiger partial charge in [-0.1, -0.05) is 29.8 Å². The van der Waals surface area contributed by atoms with Gasteiger partial charge in [0.15, 0.2) is 0 Å². The van der Waals surface area contributed by atoms with Gasteiger partial charge in [0.1, 0.15) is 0 Å². The van der Waals surface area contributed by atoms with E-state index < -0.39 is 0 Å². The summed E-state index contributed by atoms with van der Waals surface area (Å²) in [5.74, 6) is 0. The Morgan fingerprint density at radius 1 is 1.29 bits per heavy atom. The highest BCUT2D eigenvalue weighted by Crippen LogP contribution is 2.26. The van der Waals surface area contributed by atoms with Crippen LogP contribution >= 0.6 is 15.9 Å². The van der Waals surface area contributed by atoms with Crippen LogP contribution in [0.3, 0.4) is 0 Å². The lowest BCUT2D eigenvalue weighted by molar-refractivity contribution is 0.369. The van der Waals surface area contributed by atoms with Crippen LogP contribution < -0.4 is 10.2 Å². The number of nitrogens with one attached hydrogen (secondary N) is 1. The molecule has 1 unspecified atom stereocenters. The van der Waals surface area contributed by atoms with Crippen molar-refractivity contribution in [3.05, 3.63) is 28.7 Å². The molecule has 1 atom stereocenters. The first-order valence-corrected chi connectivity index (χ1v) is 7.00. The fourth-order valence-corrected chi connectivity index (χ4v) is 2.65. The molecule has 1 aromatic carbocycles. The number of anilines is 1. The van der Waals surface area contributed by atoms with Gasteiger partial charge in [0, 0.05) is 35.8 Å². The largest absolute Gasteiger partial charge is 0.367 e. The van der Waals surface area contributed by atoms with E-state index in [2.05, 4.69) is 71.2 Å². The molecule has 0 aliphatic carbocycles. The maximum atomic E-state index is 3.55. The summed E-state index contributed by atoms with van der Waals surface area (Å²) in [5, 5.41) is 3.55. The molecule has 1 N–H and O–H groups in total. The zero-order chi connectivity index (χ0) is 12.5. The second-order valence-electron chi connectivity index (χ2n) is 5.75. The van der Waals surface area contributed by atoms with E-state index in [1.807, 2.05) is 0 Å². The number of hydrogen-bond acceptors (Lipinski definition) is 2. The van der Waals surface area contributed by atoms with Crippen molar-refractivity contribution < 1.29 is 0 Å². The monoisotopic (exact) mass is 296 g/mol. The Bertz CT molecular complexity index is 372. The Kier molecular flexibility index (Phi) is 3.79. The molecule has 0 bridgehead atoms. The van der Waals surface area contributed by atoms with Crippen LogP contribution in [0.2, 0.25) is 0 Å². The van der Waals surface area contributed by atoms with E-state index in [-0.39, 0.29) is 0 Å². The van der Waals surface area contributed by atoms with Gasteiger partial charge in [-0.05, 0) is 36.6 Å². The van der Waals surface area contributed by atoms with Gasteiger partial charge in [-0.15, -0.1) is 0 Å². The Hall–Kier alpha value is -0.540. The van der Waals surface area contributed by atoms with Crippen molar-refractivity contribution in [1.82, 2.24) is 5.32 Å². The van der Waals surface area contributed by atoms with Crippen molar-refractivity contribution in [2.24, 2.45) is 5.41 Å². The molecule has 1 saturated heterocycles. The Morgan fingerprint density at radius 2 is 1.94 bits per heavy atom. The fourth-order valence-electron chi connectivity index (χ4n) is 2.38. The van der Waals surface area contributed by atoms with E-state index in [1.54, 1.807) is 0 Å². The summed E-state index contributed by atoms with van der Waals surface area (Å²) in [6.07, 6.45) is 0. The van der Waals surface area contributed by atoms with Crippen LogP contribution in [-0.2, 0) is 0 Å². The second kappa shape index (κ2) is 4.99. The molecule has 0 aromatic heterocycles. The van der Waals surface area contributed by atoms with Gasteiger partial charge in [0.25, 0.3) is 0 Å². The van der Waals surface area contributed by atoms with Crippen LogP contribution in [-0.4, -0.2) is 25.7 Å². The molecule has 1 aromatic rings. The molecule has 94 valence electrons. The minimum Gasteiger partial charge on any atom is -0.367 e. The van der Waals surface area contributed by atoms with E-state index in [9.17, 15) is 0 Å². The quantitative estimate of drug-likeness (QED) is 0.856. The van der Waals surface area contributed by atoms with E-state index in [0.717, 1.165) is 24.1 Å². The Morgan fingerprint density at radius 3 is 2.59 bits per heavy atom. The van der Waals surface area contributed by atoms with Crippen molar-refractivity contribution >= 4 is 21.6 Å². The predicted octanol–water partition coefficient (Wildman–Crippen LogP) is 3.27. The standard InChI is InChI=1S/C14H21BrN2/c1-11-8-16-9-14(2,3)10-17(11)13-6-4-12(15)5-7-13/h4-7,11,16H,8-10H2,1-3H3. The van der Waals surface area contributed by atoms with E-state index in [0.29, 0.717) is 11.5 Å². The summed E-state index contributed by atoms with van der Waals surface area (Å²) in [6, 6.07) is 9.17. The molecular weight excluding hydrogens is 276 g/mol. The number of nitrogens with zero attached hydrogens (tertiary/aromatic N) is 1. The van der Waals surface area contributed by atoms with Gasteiger partial charge >= 0.3 is 0 Å². The maximum Gasteiger partial charge on any atom is 0.0386 e. The smallest absolute Gasteiger partial charge is 0.0386 e. The number of halogens is 1. The van der Waals surface area contributed by atoms with Crippen LogP contribution in [0.15, 0.2) is 28.7 Å². The van der Waals surface area contributed by atoms with Crippen LogP contribution in [0.25, 0.3) is 0 Å². The molecule has 2 rings (SSSR count). The summed E-state index contributed by atoms with van der Waals surface area (Å²) in [5.41, 5.74) is 1.63. The molecule has 0 radical (unpaired) electrons. The van der Waals surface area contributed by atoms with Gasteiger partial charge in [-0.3, -0.25) is 0 Å². The first-order chi connectivity index (χ1) is 7.98. The van der Waals surface area contributed by atoms with Crippen molar-refractivity contribution in [2.75, 3.05) is 24.5 Å². The van der Waals surface area contributed by atoms with Gasteiger partial charge in [-0.2, -0.15) is 0 Å². The van der Waals surface area contributed by atoms with E-state index >= 15 is 0 Å². The Labute approximate surface area is 113 Å². The fraction of sp³-hybridized carbons (Fsp3) is 0.571. The molecule has 0 saturated carbocycles. The molecule has 2 nitrogen and oxygen atoms in total. The van der Waals surface area contributed by atoms with Crippen molar-refractivity contribution in [2.45, 2.75) is 26.8 Å². The van der Waals surface area contributed by atoms with Crippen molar-refractivity contribution in [3.63, 3.8) is 0 Å². The summed E-state index contributed by atoms with van der Waals surface area (Å²) in [7, 11) is 0. The third kappa shape index (κ3) is 3.23. The van der Waals surface area contributed by atoms with Crippen molar-refractivity contribution in [1.29, 1.82) is 0 Å². The Balaban J connectivity index is 2.24. The van der Waals surface area contributed by atoms with Crippen LogP contribution in [0, 0.1) is 5.41 Å². The third-order valence-electron chi connectivity index (χ3n) is 3.33. The molecule has 1 heterocycles. The lowest BCUT2D eigenvalue weighted by Gasteiger charge is -2.34. The molecule has 1 aliphatic rings. The molecule has 17 heavy (non-hydrogen) atoms. The van der Waals surface area contributed by atoms with Crippen LogP contribution in [0.4, 0.5) is 5.69 Å². The van der Waals surface area contributed by atoms with E-state index in [1.165, 1.54) is 5.69 Å². The second-order valence-corrected chi connectivity index (χ2v) is 6.66. The summed E-state index contributed by atoms with van der Waals surface area (Å²) in [6.45, 7) is 10.2. The molecule has 1 aliphatic heterocycles. The predicted molar refractivity (Wildman–Crippen MR) is 77.6 cm³/mol. The first kappa shape index (κ1) is 12.9. The topological polar surface area (TPSA) is 15.3 Å². The summed E-state index contributed by atoms with van der Waals surface area (Å²) in [4.78, 5) is 2.51. The maximum absolute atomic E-state index is 3.55. The average molecular weight is 297 g/mol. The van der Waals surface area contributed by atoms with Gasteiger partial charge in [-0.25, -0.2) is 0 Å². The minimum absolute atomic E-state index is 0.317.